The van der Waals surface area contributed by atoms with Crippen LogP contribution in [0.4, 0.5) is 4.39 Å². The van der Waals surface area contributed by atoms with E-state index in [1.165, 1.54) is 18.2 Å². The molecule has 1 rings (SSSR count). The lowest BCUT2D eigenvalue weighted by atomic mass is 10.2. The zero-order chi connectivity index (χ0) is 12.0. The van der Waals surface area contributed by atoms with Crippen LogP contribution in [0.2, 0.25) is 0 Å². The summed E-state index contributed by atoms with van der Waals surface area (Å²) in [6.45, 7) is 0.0254. The third-order valence-corrected chi connectivity index (χ3v) is 1.67. The molecule has 0 fully saturated rings. The second-order valence-electron chi connectivity index (χ2n) is 2.81. The molecule has 0 saturated carbocycles. The number of hydrogen-bond acceptors (Lipinski definition) is 3. The Bertz CT molecular complexity index is 463. The van der Waals surface area contributed by atoms with E-state index in [0.29, 0.717) is 0 Å². The number of aliphatic carboxylic acids is 1. The maximum absolute atomic E-state index is 13.1. The Labute approximate surface area is 91.2 Å². The molecule has 0 heterocycles. The fourth-order valence-corrected chi connectivity index (χ4v) is 0.970. The zero-order valence-corrected chi connectivity index (χ0v) is 8.18. The maximum Gasteiger partial charge on any atom is 0.328 e. The van der Waals surface area contributed by atoms with Gasteiger partial charge in [-0.1, -0.05) is 0 Å². The van der Waals surface area contributed by atoms with Crippen molar-refractivity contribution in [2.45, 2.75) is 0 Å². The number of hydrogen-bond donors (Lipinski definition) is 1. The Morgan fingerprint density at radius 1 is 1.62 bits per heavy atom. The second-order valence-corrected chi connectivity index (χ2v) is 2.81. The van der Waals surface area contributed by atoms with Crippen LogP contribution in [0.5, 0.6) is 5.75 Å². The van der Waals surface area contributed by atoms with Crippen LogP contribution in [0.15, 0.2) is 30.4 Å². The van der Waals surface area contributed by atoms with Gasteiger partial charge >= 0.3 is 5.97 Å². The first-order chi connectivity index (χ1) is 7.63. The van der Waals surface area contributed by atoms with Crippen LogP contribution in [-0.2, 0) is 4.79 Å². The smallest absolute Gasteiger partial charge is 0.328 e. The molecule has 5 heteroatoms. The Balaban J connectivity index is 2.59. The number of carboxylic acid groups (broad SMARTS) is 1. The normalized spacial score (nSPS) is 10.0. The van der Waals surface area contributed by atoms with Gasteiger partial charge in [0.05, 0.1) is 5.56 Å². The Morgan fingerprint density at radius 2 is 2.38 bits per heavy atom. The summed E-state index contributed by atoms with van der Waals surface area (Å²) in [5.41, 5.74) is -0.0616. The number of nitriles is 1. The van der Waals surface area contributed by atoms with E-state index in [0.717, 1.165) is 12.1 Å². The molecule has 1 aromatic rings. The molecule has 0 radical (unpaired) electrons. The highest BCUT2D eigenvalue weighted by Gasteiger charge is 2.02. The van der Waals surface area contributed by atoms with Crippen molar-refractivity contribution in [2.75, 3.05) is 6.61 Å². The average Bonchev–Trinajstić information content (AvgIpc) is 2.24. The summed E-state index contributed by atoms with van der Waals surface area (Å²) >= 11 is 0. The molecular weight excluding hydrogens is 213 g/mol. The van der Waals surface area contributed by atoms with E-state index in [1.54, 1.807) is 6.07 Å². The molecule has 1 N–H and O–H groups in total. The van der Waals surface area contributed by atoms with Gasteiger partial charge in [-0.25, -0.2) is 9.18 Å². The summed E-state index contributed by atoms with van der Waals surface area (Å²) in [6.07, 6.45) is 2.22. The standard InChI is InChI=1S/C11H8FNO3/c12-10-6-9(4-3-8(10)7-13)16-5-1-2-11(14)15/h1-4,6H,5H2,(H,14,15). The van der Waals surface area contributed by atoms with Crippen molar-refractivity contribution >= 4 is 5.97 Å². The summed E-state index contributed by atoms with van der Waals surface area (Å²) in [5.74, 6) is -1.50. The van der Waals surface area contributed by atoms with Gasteiger partial charge in [0.15, 0.2) is 0 Å². The number of halogens is 1. The lowest BCUT2D eigenvalue weighted by molar-refractivity contribution is -0.131. The van der Waals surface area contributed by atoms with Crippen molar-refractivity contribution in [1.29, 1.82) is 5.26 Å². The molecule has 0 atom stereocenters. The highest BCUT2D eigenvalue weighted by Crippen LogP contribution is 2.15. The Morgan fingerprint density at radius 3 is 2.94 bits per heavy atom. The number of benzene rings is 1. The van der Waals surface area contributed by atoms with Crippen LogP contribution in [0.25, 0.3) is 0 Å². The highest BCUT2D eigenvalue weighted by atomic mass is 19.1. The highest BCUT2D eigenvalue weighted by molar-refractivity contribution is 5.79. The van der Waals surface area contributed by atoms with Gasteiger partial charge in [-0.15, -0.1) is 0 Å². The van der Waals surface area contributed by atoms with Crippen LogP contribution >= 0.6 is 0 Å². The van der Waals surface area contributed by atoms with Gasteiger partial charge in [0.25, 0.3) is 0 Å². The predicted molar refractivity (Wildman–Crippen MR) is 53.4 cm³/mol. The van der Waals surface area contributed by atoms with Crippen molar-refractivity contribution in [1.82, 2.24) is 0 Å². The summed E-state index contributed by atoms with van der Waals surface area (Å²) in [5, 5.41) is 16.8. The fourth-order valence-electron chi connectivity index (χ4n) is 0.970. The van der Waals surface area contributed by atoms with Crippen LogP contribution in [0, 0.1) is 17.1 Å². The van der Waals surface area contributed by atoms with Crippen molar-refractivity contribution in [2.24, 2.45) is 0 Å². The average molecular weight is 221 g/mol. The van der Waals surface area contributed by atoms with Crippen molar-refractivity contribution < 1.29 is 19.0 Å². The van der Waals surface area contributed by atoms with Crippen molar-refractivity contribution in [3.05, 3.63) is 41.7 Å². The number of nitrogens with zero attached hydrogens (tertiary/aromatic N) is 1. The van der Waals surface area contributed by atoms with Gasteiger partial charge in [0, 0.05) is 12.1 Å². The topological polar surface area (TPSA) is 70.3 Å². The van der Waals surface area contributed by atoms with E-state index < -0.39 is 11.8 Å². The predicted octanol–water partition coefficient (Wildman–Crippen LogP) is 1.72. The quantitative estimate of drug-likeness (QED) is 0.786. The first kappa shape index (κ1) is 11.7. The summed E-state index contributed by atoms with van der Waals surface area (Å²) in [4.78, 5) is 10.1. The van der Waals surface area contributed by atoms with Gasteiger partial charge in [0.2, 0.25) is 0 Å². The third-order valence-electron chi connectivity index (χ3n) is 1.67. The molecule has 0 aliphatic carbocycles. The summed E-state index contributed by atoms with van der Waals surface area (Å²) in [7, 11) is 0. The molecule has 4 nitrogen and oxygen atoms in total. The molecule has 0 spiro atoms. The fraction of sp³-hybridized carbons (Fsp3) is 0.0909. The van der Waals surface area contributed by atoms with E-state index in [2.05, 4.69) is 0 Å². The van der Waals surface area contributed by atoms with Gasteiger partial charge < -0.3 is 9.84 Å². The van der Waals surface area contributed by atoms with E-state index in [-0.39, 0.29) is 17.9 Å². The minimum absolute atomic E-state index is 0.0254. The summed E-state index contributed by atoms with van der Waals surface area (Å²) < 4.78 is 18.1. The van der Waals surface area contributed by atoms with Gasteiger partial charge in [-0.2, -0.15) is 5.26 Å². The molecule has 1 aromatic carbocycles. The SMILES string of the molecule is N#Cc1ccc(OCC=CC(=O)O)cc1F. The molecule has 0 bridgehead atoms. The molecule has 82 valence electrons. The van der Waals surface area contributed by atoms with Gasteiger partial charge in [-0.05, 0) is 18.2 Å². The number of carbonyl (C=O) groups is 1. The molecule has 0 aromatic heterocycles. The zero-order valence-electron chi connectivity index (χ0n) is 8.18. The molecule has 16 heavy (non-hydrogen) atoms. The van der Waals surface area contributed by atoms with Crippen LogP contribution in [-0.4, -0.2) is 17.7 Å². The maximum atomic E-state index is 13.1. The van der Waals surface area contributed by atoms with E-state index in [1.807, 2.05) is 0 Å². The van der Waals surface area contributed by atoms with E-state index >= 15 is 0 Å². The van der Waals surface area contributed by atoms with Crippen LogP contribution < -0.4 is 4.74 Å². The lowest BCUT2D eigenvalue weighted by Gasteiger charge is -2.02. The van der Waals surface area contributed by atoms with E-state index in [9.17, 15) is 9.18 Å². The third kappa shape index (κ3) is 3.42. The minimum Gasteiger partial charge on any atom is -0.489 e. The monoisotopic (exact) mass is 221 g/mol. The molecule has 0 aliphatic rings. The number of ether oxygens (including phenoxy) is 1. The van der Waals surface area contributed by atoms with Crippen LogP contribution in [0.1, 0.15) is 5.56 Å². The van der Waals surface area contributed by atoms with Crippen LogP contribution in [0.3, 0.4) is 0 Å². The number of rotatable bonds is 4. The molecule has 0 saturated heterocycles. The van der Waals surface area contributed by atoms with Crippen molar-refractivity contribution in [3.8, 4) is 11.8 Å². The Hall–Kier alpha value is -2.35. The molecule has 0 amide bonds. The molecule has 0 unspecified atom stereocenters. The number of carboxylic acids is 1. The molecular formula is C11H8FNO3. The van der Waals surface area contributed by atoms with E-state index in [4.69, 9.17) is 15.1 Å². The first-order valence-electron chi connectivity index (χ1n) is 4.35. The Kier molecular flexibility index (Phi) is 4.04. The van der Waals surface area contributed by atoms with Gasteiger partial charge in [0.1, 0.15) is 24.2 Å². The largest absolute Gasteiger partial charge is 0.489 e. The first-order valence-corrected chi connectivity index (χ1v) is 4.35. The van der Waals surface area contributed by atoms with Gasteiger partial charge in [-0.3, -0.25) is 0 Å². The second kappa shape index (κ2) is 5.51. The minimum atomic E-state index is -1.07. The van der Waals surface area contributed by atoms with Crippen molar-refractivity contribution in [3.63, 3.8) is 0 Å². The summed E-state index contributed by atoms with van der Waals surface area (Å²) in [6, 6.07) is 5.50. The molecule has 0 aliphatic heterocycles. The lowest BCUT2D eigenvalue weighted by Crippen LogP contribution is -1.96.